The molecule has 0 aliphatic carbocycles. The molecule has 0 amide bonds. The van der Waals surface area contributed by atoms with Gasteiger partial charge in [0.2, 0.25) is 5.89 Å². The molecular weight excluding hydrogens is 312 g/mol. The maximum absolute atomic E-state index is 5.90. The molecule has 1 aromatic heterocycles. The van der Waals surface area contributed by atoms with Crippen LogP contribution in [-0.2, 0) is 11.2 Å². The Labute approximate surface area is 143 Å². The average molecular weight is 337 g/mol. The summed E-state index contributed by atoms with van der Waals surface area (Å²) in [5, 5.41) is 4.27. The van der Waals surface area contributed by atoms with Crippen LogP contribution in [-0.4, -0.2) is 24.2 Å². The molecular formula is C18H25ClN2O2. The van der Waals surface area contributed by atoms with Crippen molar-refractivity contribution in [3.8, 4) is 0 Å². The lowest BCUT2D eigenvalue weighted by molar-refractivity contribution is -0.0119. The van der Waals surface area contributed by atoms with E-state index in [9.17, 15) is 0 Å². The highest BCUT2D eigenvalue weighted by atomic mass is 35.5. The first kappa shape index (κ1) is 18.0. The highest BCUT2D eigenvalue weighted by Gasteiger charge is 2.26. The smallest absolute Gasteiger partial charge is 0.225 e. The van der Waals surface area contributed by atoms with Crippen molar-refractivity contribution >= 4 is 11.6 Å². The number of nitrogens with one attached hydrogen (secondary N) is 1. The third-order valence-electron chi connectivity index (χ3n) is 3.81. The molecule has 1 aromatic carbocycles. The lowest BCUT2D eigenvalue weighted by Gasteiger charge is -2.28. The summed E-state index contributed by atoms with van der Waals surface area (Å²) in [4.78, 5) is 4.41. The van der Waals surface area contributed by atoms with Crippen LogP contribution < -0.4 is 5.32 Å². The van der Waals surface area contributed by atoms with Gasteiger partial charge >= 0.3 is 0 Å². The van der Waals surface area contributed by atoms with E-state index in [1.165, 1.54) is 5.56 Å². The van der Waals surface area contributed by atoms with Gasteiger partial charge in [-0.15, -0.1) is 0 Å². The van der Waals surface area contributed by atoms with Gasteiger partial charge < -0.3 is 14.5 Å². The number of ether oxygens (including phenoxy) is 1. The Bertz CT molecular complexity index is 582. The number of oxazole rings is 1. The largest absolute Gasteiger partial charge is 0.443 e. The number of hydrogen-bond donors (Lipinski definition) is 1. The van der Waals surface area contributed by atoms with Gasteiger partial charge in [0, 0.05) is 17.6 Å². The number of hydrogen-bond acceptors (Lipinski definition) is 4. The van der Waals surface area contributed by atoms with Gasteiger partial charge in [-0.1, -0.05) is 37.6 Å². The summed E-state index contributed by atoms with van der Waals surface area (Å²) in [5.41, 5.74) is 2.18. The summed E-state index contributed by atoms with van der Waals surface area (Å²) < 4.78 is 11.5. The molecule has 2 aromatic rings. The van der Waals surface area contributed by atoms with Gasteiger partial charge in [-0.3, -0.25) is 0 Å². The van der Waals surface area contributed by atoms with E-state index < -0.39 is 0 Å². The SMILES string of the molecule is CC.Cc1nc(C2CNC(Cc3ccc(Cl)cc3)CO2)oc1C. The molecule has 0 radical (unpaired) electrons. The Morgan fingerprint density at radius 3 is 2.43 bits per heavy atom. The molecule has 126 valence electrons. The highest BCUT2D eigenvalue weighted by Crippen LogP contribution is 2.22. The zero-order valence-electron chi connectivity index (χ0n) is 14.2. The van der Waals surface area contributed by atoms with Crippen LogP contribution in [0.15, 0.2) is 28.7 Å². The van der Waals surface area contributed by atoms with Gasteiger partial charge in [0.15, 0.2) is 0 Å². The van der Waals surface area contributed by atoms with Crippen molar-refractivity contribution in [2.75, 3.05) is 13.2 Å². The fourth-order valence-corrected chi connectivity index (χ4v) is 2.58. The van der Waals surface area contributed by atoms with Crippen molar-refractivity contribution < 1.29 is 9.15 Å². The summed E-state index contributed by atoms with van der Waals surface area (Å²) in [6.45, 7) is 9.23. The third kappa shape index (κ3) is 4.80. The number of rotatable bonds is 3. The number of aryl methyl sites for hydroxylation is 2. The zero-order valence-corrected chi connectivity index (χ0v) is 15.0. The standard InChI is InChI=1S/C16H19ClN2O2.C2H6/c1-10-11(2)21-16(19-10)15-8-18-14(9-20-15)7-12-3-5-13(17)6-4-12;1-2/h3-6,14-15,18H,7-9H2,1-2H3;1-2H3. The molecule has 4 nitrogen and oxygen atoms in total. The van der Waals surface area contributed by atoms with Crippen LogP contribution in [0.1, 0.15) is 42.9 Å². The molecule has 2 heterocycles. The zero-order chi connectivity index (χ0) is 16.8. The molecule has 1 aliphatic rings. The lowest BCUT2D eigenvalue weighted by atomic mass is 10.1. The number of morpholine rings is 1. The van der Waals surface area contributed by atoms with Crippen LogP contribution in [0.2, 0.25) is 5.02 Å². The molecule has 2 atom stereocenters. The van der Waals surface area contributed by atoms with E-state index in [1.807, 2.05) is 39.8 Å². The van der Waals surface area contributed by atoms with Crippen LogP contribution in [0.5, 0.6) is 0 Å². The molecule has 5 heteroatoms. The van der Waals surface area contributed by atoms with Crippen molar-refractivity contribution in [3.05, 3.63) is 52.2 Å². The average Bonchev–Trinajstić information content (AvgIpc) is 2.91. The van der Waals surface area contributed by atoms with Crippen molar-refractivity contribution in [2.45, 2.75) is 46.3 Å². The second-order valence-corrected chi connectivity index (χ2v) is 5.89. The molecule has 1 saturated heterocycles. The number of aromatic nitrogens is 1. The Morgan fingerprint density at radius 2 is 1.91 bits per heavy atom. The quantitative estimate of drug-likeness (QED) is 0.910. The maximum atomic E-state index is 5.90. The fourth-order valence-electron chi connectivity index (χ4n) is 2.45. The van der Waals surface area contributed by atoms with Crippen molar-refractivity contribution in [1.82, 2.24) is 10.3 Å². The Morgan fingerprint density at radius 1 is 1.22 bits per heavy atom. The minimum atomic E-state index is -0.0983. The summed E-state index contributed by atoms with van der Waals surface area (Å²) in [5.74, 6) is 1.53. The molecule has 3 rings (SSSR count). The molecule has 1 fully saturated rings. The minimum Gasteiger partial charge on any atom is -0.443 e. The van der Waals surface area contributed by atoms with Gasteiger partial charge in [-0.25, -0.2) is 4.98 Å². The topological polar surface area (TPSA) is 47.3 Å². The Hall–Kier alpha value is -1.36. The number of benzene rings is 1. The van der Waals surface area contributed by atoms with Crippen molar-refractivity contribution in [3.63, 3.8) is 0 Å². The maximum Gasteiger partial charge on any atom is 0.225 e. The lowest BCUT2D eigenvalue weighted by Crippen LogP contribution is -2.44. The van der Waals surface area contributed by atoms with E-state index in [1.54, 1.807) is 0 Å². The van der Waals surface area contributed by atoms with Gasteiger partial charge in [0.05, 0.1) is 12.3 Å². The van der Waals surface area contributed by atoms with Crippen LogP contribution in [0, 0.1) is 13.8 Å². The molecule has 2 unspecified atom stereocenters. The minimum absolute atomic E-state index is 0.0983. The highest BCUT2D eigenvalue weighted by molar-refractivity contribution is 6.30. The predicted molar refractivity (Wildman–Crippen MR) is 93.0 cm³/mol. The molecule has 0 spiro atoms. The van der Waals surface area contributed by atoms with Crippen LogP contribution in [0.25, 0.3) is 0 Å². The third-order valence-corrected chi connectivity index (χ3v) is 4.06. The van der Waals surface area contributed by atoms with Crippen molar-refractivity contribution in [1.29, 1.82) is 0 Å². The van der Waals surface area contributed by atoms with E-state index >= 15 is 0 Å². The first-order valence-corrected chi connectivity index (χ1v) is 8.53. The second-order valence-electron chi connectivity index (χ2n) is 5.45. The van der Waals surface area contributed by atoms with Crippen molar-refractivity contribution in [2.24, 2.45) is 0 Å². The summed E-state index contributed by atoms with van der Waals surface area (Å²) in [6, 6.07) is 8.25. The van der Waals surface area contributed by atoms with Crippen LogP contribution >= 0.6 is 11.6 Å². The summed E-state index contributed by atoms with van der Waals surface area (Å²) in [6.07, 6.45) is 0.826. The molecule has 23 heavy (non-hydrogen) atoms. The molecule has 0 saturated carbocycles. The van der Waals surface area contributed by atoms with Gasteiger partial charge in [0.1, 0.15) is 11.9 Å². The van der Waals surface area contributed by atoms with Gasteiger partial charge in [-0.05, 0) is 38.0 Å². The Kier molecular flexibility index (Phi) is 6.63. The monoisotopic (exact) mass is 336 g/mol. The summed E-state index contributed by atoms with van der Waals surface area (Å²) >= 11 is 5.90. The fraction of sp³-hybridized carbons (Fsp3) is 0.500. The normalized spacial score (nSPS) is 20.7. The molecule has 0 bridgehead atoms. The van der Waals surface area contributed by atoms with E-state index in [-0.39, 0.29) is 6.10 Å². The van der Waals surface area contributed by atoms with E-state index in [4.69, 9.17) is 20.8 Å². The van der Waals surface area contributed by atoms with Gasteiger partial charge in [0.25, 0.3) is 0 Å². The Balaban J connectivity index is 0.000000924. The van der Waals surface area contributed by atoms with Gasteiger partial charge in [-0.2, -0.15) is 0 Å². The number of halogens is 1. The van der Waals surface area contributed by atoms with Crippen LogP contribution in [0.4, 0.5) is 0 Å². The van der Waals surface area contributed by atoms with E-state index in [2.05, 4.69) is 22.4 Å². The molecule has 1 N–H and O–H groups in total. The first-order valence-electron chi connectivity index (χ1n) is 8.15. The summed E-state index contributed by atoms with van der Waals surface area (Å²) in [7, 11) is 0. The predicted octanol–water partition coefficient (Wildman–Crippen LogP) is 4.24. The van der Waals surface area contributed by atoms with E-state index in [0.717, 1.165) is 29.4 Å². The number of nitrogens with zero attached hydrogens (tertiary/aromatic N) is 1. The van der Waals surface area contributed by atoms with E-state index in [0.29, 0.717) is 18.5 Å². The first-order chi connectivity index (χ1) is 11.1. The molecule has 1 aliphatic heterocycles. The van der Waals surface area contributed by atoms with Crippen LogP contribution in [0.3, 0.4) is 0 Å². The second kappa shape index (κ2) is 8.48.